The Morgan fingerprint density at radius 3 is 2.54 bits per heavy atom. The second kappa shape index (κ2) is 6.62. The van der Waals surface area contributed by atoms with Crippen molar-refractivity contribution < 1.29 is 27.5 Å². The van der Waals surface area contributed by atoms with Crippen molar-refractivity contribution in [3.63, 3.8) is 0 Å². The molecular formula is C18H13F3N2O3. The van der Waals surface area contributed by atoms with Crippen LogP contribution in [0, 0.1) is 5.92 Å². The van der Waals surface area contributed by atoms with Gasteiger partial charge in [0.1, 0.15) is 5.75 Å². The van der Waals surface area contributed by atoms with Crippen LogP contribution in [0.3, 0.4) is 0 Å². The predicted octanol–water partition coefficient (Wildman–Crippen LogP) is 3.31. The highest BCUT2D eigenvalue weighted by Gasteiger charge is 2.31. The SMILES string of the molecule is CC1=CC(=O)NC2=CC(=NC(=O)c3ccc(OC(F)(F)F)cc3)C=CC12. The van der Waals surface area contributed by atoms with Crippen LogP contribution >= 0.6 is 0 Å². The van der Waals surface area contributed by atoms with Gasteiger partial charge in [-0.05, 0) is 43.3 Å². The Kier molecular flexibility index (Phi) is 4.50. The fraction of sp³-hybridized carbons (Fsp3) is 0.167. The number of hydrogen-bond donors (Lipinski definition) is 1. The first-order valence-electron chi connectivity index (χ1n) is 7.59. The lowest BCUT2D eigenvalue weighted by Crippen LogP contribution is -2.32. The number of allylic oxidation sites excluding steroid dienone is 3. The van der Waals surface area contributed by atoms with E-state index < -0.39 is 18.0 Å². The summed E-state index contributed by atoms with van der Waals surface area (Å²) >= 11 is 0. The molecule has 1 aliphatic carbocycles. The lowest BCUT2D eigenvalue weighted by atomic mass is 9.89. The normalized spacial score (nSPS) is 20.8. The number of halogens is 3. The summed E-state index contributed by atoms with van der Waals surface area (Å²) in [5, 5.41) is 2.70. The number of rotatable bonds is 2. The number of amides is 2. The zero-order valence-electron chi connectivity index (χ0n) is 13.5. The van der Waals surface area contributed by atoms with Gasteiger partial charge in [-0.3, -0.25) is 9.59 Å². The molecular weight excluding hydrogens is 349 g/mol. The molecule has 3 rings (SSSR count). The van der Waals surface area contributed by atoms with Crippen molar-refractivity contribution in [2.45, 2.75) is 13.3 Å². The molecule has 0 spiro atoms. The molecule has 1 aromatic rings. The minimum Gasteiger partial charge on any atom is -0.406 e. The molecule has 0 radical (unpaired) electrons. The lowest BCUT2D eigenvalue weighted by Gasteiger charge is -2.25. The summed E-state index contributed by atoms with van der Waals surface area (Å²) in [7, 11) is 0. The third-order valence-corrected chi connectivity index (χ3v) is 3.78. The first-order chi connectivity index (χ1) is 12.2. The van der Waals surface area contributed by atoms with E-state index >= 15 is 0 Å². The Labute approximate surface area is 146 Å². The molecule has 1 aliphatic heterocycles. The first kappa shape index (κ1) is 17.7. The fourth-order valence-electron chi connectivity index (χ4n) is 2.63. The number of nitrogens with zero attached hydrogens (tertiary/aromatic N) is 1. The van der Waals surface area contributed by atoms with Crippen LogP contribution in [0.4, 0.5) is 13.2 Å². The van der Waals surface area contributed by atoms with Gasteiger partial charge in [-0.2, -0.15) is 0 Å². The molecule has 26 heavy (non-hydrogen) atoms. The van der Waals surface area contributed by atoms with E-state index in [4.69, 9.17) is 0 Å². The molecule has 1 atom stereocenters. The molecule has 1 heterocycles. The van der Waals surface area contributed by atoms with E-state index in [2.05, 4.69) is 15.0 Å². The fourth-order valence-corrected chi connectivity index (χ4v) is 2.63. The third kappa shape index (κ3) is 4.08. The van der Waals surface area contributed by atoms with Crippen LogP contribution in [-0.4, -0.2) is 23.9 Å². The topological polar surface area (TPSA) is 67.8 Å². The summed E-state index contributed by atoms with van der Waals surface area (Å²) in [4.78, 5) is 27.7. The smallest absolute Gasteiger partial charge is 0.406 e. The maximum absolute atomic E-state index is 12.2. The van der Waals surface area contributed by atoms with Crippen LogP contribution < -0.4 is 10.1 Å². The number of alkyl halides is 3. The van der Waals surface area contributed by atoms with Crippen molar-refractivity contribution in [3.8, 4) is 5.75 Å². The van der Waals surface area contributed by atoms with Gasteiger partial charge >= 0.3 is 6.36 Å². The molecule has 1 unspecified atom stereocenters. The van der Waals surface area contributed by atoms with Crippen LogP contribution in [-0.2, 0) is 4.79 Å². The third-order valence-electron chi connectivity index (χ3n) is 3.78. The van der Waals surface area contributed by atoms with Crippen molar-refractivity contribution in [2.24, 2.45) is 10.9 Å². The van der Waals surface area contributed by atoms with Gasteiger partial charge in [0, 0.05) is 23.3 Å². The minimum atomic E-state index is -4.79. The van der Waals surface area contributed by atoms with Crippen molar-refractivity contribution >= 4 is 17.5 Å². The van der Waals surface area contributed by atoms with E-state index in [0.29, 0.717) is 11.4 Å². The molecule has 8 heteroatoms. The molecule has 0 fully saturated rings. The van der Waals surface area contributed by atoms with Crippen LogP contribution in [0.25, 0.3) is 0 Å². The molecule has 2 amide bonds. The molecule has 0 saturated carbocycles. The summed E-state index contributed by atoms with van der Waals surface area (Å²) < 4.78 is 40.2. The predicted molar refractivity (Wildman–Crippen MR) is 87.5 cm³/mol. The molecule has 2 aliphatic rings. The highest BCUT2D eigenvalue weighted by molar-refractivity contribution is 6.14. The minimum absolute atomic E-state index is 0.0689. The molecule has 1 aromatic carbocycles. The number of carbonyl (C=O) groups excluding carboxylic acids is 2. The van der Waals surface area contributed by atoms with Crippen molar-refractivity contribution in [2.75, 3.05) is 0 Å². The summed E-state index contributed by atoms with van der Waals surface area (Å²) in [6.45, 7) is 1.83. The number of carbonyl (C=O) groups is 2. The number of nitrogens with one attached hydrogen (secondary N) is 1. The van der Waals surface area contributed by atoms with Crippen molar-refractivity contribution in [1.82, 2.24) is 5.32 Å². The number of benzene rings is 1. The van der Waals surface area contributed by atoms with Crippen molar-refractivity contribution in [1.29, 1.82) is 0 Å². The van der Waals surface area contributed by atoms with Gasteiger partial charge in [-0.25, -0.2) is 4.99 Å². The standard InChI is InChI=1S/C18H13F3N2O3/c1-10-8-16(24)23-15-9-12(4-7-14(10)15)22-17(25)11-2-5-13(6-3-11)26-18(19,20)21/h2-9,14H,1H3,(H,23,24). The van der Waals surface area contributed by atoms with Gasteiger partial charge in [0.15, 0.2) is 0 Å². The molecule has 0 saturated heterocycles. The average molecular weight is 362 g/mol. The molecule has 1 N–H and O–H groups in total. The van der Waals surface area contributed by atoms with Gasteiger partial charge in [0.25, 0.3) is 5.91 Å². The van der Waals surface area contributed by atoms with E-state index in [1.807, 2.05) is 13.0 Å². The average Bonchev–Trinajstić information content (AvgIpc) is 2.53. The summed E-state index contributed by atoms with van der Waals surface area (Å²) in [5.74, 6) is -1.35. The highest BCUT2D eigenvalue weighted by atomic mass is 19.4. The van der Waals surface area contributed by atoms with Gasteiger partial charge in [0.2, 0.25) is 5.91 Å². The van der Waals surface area contributed by atoms with E-state index in [1.165, 1.54) is 18.2 Å². The van der Waals surface area contributed by atoms with E-state index in [0.717, 1.165) is 17.7 Å². The maximum Gasteiger partial charge on any atom is 0.573 e. The summed E-state index contributed by atoms with van der Waals surface area (Å²) in [6, 6.07) is 4.49. The number of aliphatic imine (C=N–C) groups is 1. The quantitative estimate of drug-likeness (QED) is 0.878. The van der Waals surface area contributed by atoms with Gasteiger partial charge < -0.3 is 10.1 Å². The lowest BCUT2D eigenvalue weighted by molar-refractivity contribution is -0.274. The number of ether oxygens (including phenoxy) is 1. The second-order valence-corrected chi connectivity index (χ2v) is 5.73. The monoisotopic (exact) mass is 362 g/mol. The van der Waals surface area contributed by atoms with Crippen LogP contribution in [0.1, 0.15) is 17.3 Å². The van der Waals surface area contributed by atoms with E-state index in [1.54, 1.807) is 12.2 Å². The first-order valence-corrected chi connectivity index (χ1v) is 7.59. The summed E-state index contributed by atoms with van der Waals surface area (Å²) in [6.07, 6.45) is 1.77. The number of fused-ring (bicyclic) bond motifs is 1. The zero-order valence-corrected chi connectivity index (χ0v) is 13.5. The van der Waals surface area contributed by atoms with Gasteiger partial charge in [0.05, 0.1) is 5.71 Å². The van der Waals surface area contributed by atoms with Crippen molar-refractivity contribution in [3.05, 3.63) is 65.4 Å². The number of hydrogen-bond acceptors (Lipinski definition) is 3. The molecule has 134 valence electrons. The zero-order chi connectivity index (χ0) is 18.9. The van der Waals surface area contributed by atoms with Gasteiger partial charge in [-0.15, -0.1) is 13.2 Å². The van der Waals surface area contributed by atoms with Crippen LogP contribution in [0.2, 0.25) is 0 Å². The largest absolute Gasteiger partial charge is 0.573 e. The maximum atomic E-state index is 12.2. The Morgan fingerprint density at radius 1 is 1.19 bits per heavy atom. The summed E-state index contributed by atoms with van der Waals surface area (Å²) in [5.41, 5.74) is 1.96. The molecule has 0 aromatic heterocycles. The van der Waals surface area contributed by atoms with Crippen LogP contribution in [0.15, 0.2) is 64.8 Å². The Balaban J connectivity index is 1.76. The van der Waals surface area contributed by atoms with Gasteiger partial charge in [-0.1, -0.05) is 11.6 Å². The van der Waals surface area contributed by atoms with Crippen LogP contribution in [0.5, 0.6) is 5.75 Å². The second-order valence-electron chi connectivity index (χ2n) is 5.73. The molecule has 5 nitrogen and oxygen atoms in total. The molecule has 0 bridgehead atoms. The Bertz CT molecular complexity index is 878. The van der Waals surface area contributed by atoms with E-state index in [-0.39, 0.29) is 17.4 Å². The Morgan fingerprint density at radius 2 is 1.88 bits per heavy atom. The highest BCUT2D eigenvalue weighted by Crippen LogP contribution is 2.27. The van der Waals surface area contributed by atoms with E-state index in [9.17, 15) is 22.8 Å². The Hall–Kier alpha value is -3.16.